The van der Waals surface area contributed by atoms with Crippen LogP contribution in [0.2, 0.25) is 0 Å². The van der Waals surface area contributed by atoms with Crippen LogP contribution in [0, 0.1) is 25.2 Å². The zero-order valence-electron chi connectivity index (χ0n) is 18.5. The molecule has 0 radical (unpaired) electrons. The van der Waals surface area contributed by atoms with Gasteiger partial charge in [-0.3, -0.25) is 4.79 Å². The first-order valence-electron chi connectivity index (χ1n) is 11.0. The van der Waals surface area contributed by atoms with E-state index in [1.165, 1.54) is 5.56 Å². The van der Waals surface area contributed by atoms with Gasteiger partial charge in [-0.15, -0.1) is 0 Å². The van der Waals surface area contributed by atoms with E-state index < -0.39 is 0 Å². The minimum atomic E-state index is 0. The van der Waals surface area contributed by atoms with Crippen LogP contribution < -0.4 is 10.1 Å². The van der Waals surface area contributed by atoms with Crippen LogP contribution in [0.1, 0.15) is 85.9 Å². The molecular weight excluding hydrogens is 372 g/mol. The summed E-state index contributed by atoms with van der Waals surface area (Å²) in [4.78, 5) is 12.6. The Labute approximate surface area is 181 Å². The number of carbonyl (C=O) groups is 1. The number of nitrogens with one attached hydrogen (secondary N) is 1. The summed E-state index contributed by atoms with van der Waals surface area (Å²) in [5.74, 6) is 1.38. The zero-order valence-corrected chi connectivity index (χ0v) is 18.5. The molecule has 0 aliphatic heterocycles. The quantitative estimate of drug-likeness (QED) is 0.635. The molecule has 1 N–H and O–H groups in total. The molecule has 3 rings (SSSR count). The van der Waals surface area contributed by atoms with Crippen molar-refractivity contribution >= 4 is 5.91 Å². The summed E-state index contributed by atoms with van der Waals surface area (Å²) >= 11 is 0. The lowest BCUT2D eigenvalue weighted by Gasteiger charge is -2.30. The monoisotopic (exact) mass is 406 g/mol. The van der Waals surface area contributed by atoms with Crippen molar-refractivity contribution in [2.45, 2.75) is 77.9 Å². The maximum absolute atomic E-state index is 12.6. The van der Waals surface area contributed by atoms with E-state index in [9.17, 15) is 4.79 Å². The minimum Gasteiger partial charge on any atom is -0.490 e. The van der Waals surface area contributed by atoms with Gasteiger partial charge in [0.1, 0.15) is 5.75 Å². The molecular formula is C26H34N2O2. The number of hydrogen-bond acceptors (Lipinski definition) is 3. The molecule has 1 aliphatic carbocycles. The number of hydrogen-bond donors (Lipinski definition) is 1. The van der Waals surface area contributed by atoms with Crippen molar-refractivity contribution in [3.8, 4) is 11.8 Å². The molecule has 2 aromatic carbocycles. The smallest absolute Gasteiger partial charge is 0.251 e. The van der Waals surface area contributed by atoms with Crippen molar-refractivity contribution in [3.05, 3.63) is 64.2 Å². The fourth-order valence-electron chi connectivity index (χ4n) is 4.02. The third-order valence-corrected chi connectivity index (χ3v) is 6.52. The number of ether oxygens (including phenoxy) is 1. The maximum Gasteiger partial charge on any atom is 0.251 e. The molecule has 160 valence electrons. The average molecular weight is 407 g/mol. The maximum atomic E-state index is 12.6. The molecule has 1 saturated carbocycles. The van der Waals surface area contributed by atoms with E-state index in [4.69, 9.17) is 10.00 Å². The van der Waals surface area contributed by atoms with E-state index in [1.807, 2.05) is 38.1 Å². The molecule has 0 bridgehead atoms. The van der Waals surface area contributed by atoms with Gasteiger partial charge in [0.25, 0.3) is 5.91 Å². The highest BCUT2D eigenvalue weighted by molar-refractivity contribution is 5.94. The lowest BCUT2D eigenvalue weighted by atomic mass is 9.92. The van der Waals surface area contributed by atoms with Crippen molar-refractivity contribution in [1.29, 1.82) is 5.26 Å². The van der Waals surface area contributed by atoms with Crippen LogP contribution in [0.4, 0.5) is 0 Å². The van der Waals surface area contributed by atoms with Gasteiger partial charge in [0.15, 0.2) is 0 Å². The zero-order chi connectivity index (χ0) is 21.7. The second kappa shape index (κ2) is 9.80. The number of amides is 1. The molecule has 0 spiro atoms. The van der Waals surface area contributed by atoms with Crippen molar-refractivity contribution < 1.29 is 11.0 Å². The van der Waals surface area contributed by atoms with Crippen molar-refractivity contribution in [2.24, 2.45) is 0 Å². The average Bonchev–Trinajstić information content (AvgIpc) is 2.78. The highest BCUT2D eigenvalue weighted by Gasteiger charge is 2.24. The molecule has 1 unspecified atom stereocenters. The Morgan fingerprint density at radius 1 is 1.13 bits per heavy atom. The number of rotatable bonds is 6. The molecule has 4 heteroatoms. The topological polar surface area (TPSA) is 62.1 Å². The number of nitrogens with zero attached hydrogens (tertiary/aromatic N) is 1. The molecule has 1 atom stereocenters. The summed E-state index contributed by atoms with van der Waals surface area (Å²) in [6, 6.07) is 14.1. The summed E-state index contributed by atoms with van der Waals surface area (Å²) in [6.45, 7) is 8.35. The van der Waals surface area contributed by atoms with Crippen LogP contribution in [0.5, 0.6) is 5.75 Å². The van der Waals surface area contributed by atoms with E-state index in [2.05, 4.69) is 37.4 Å². The van der Waals surface area contributed by atoms with Crippen LogP contribution in [0.15, 0.2) is 36.4 Å². The van der Waals surface area contributed by atoms with Gasteiger partial charge in [0.2, 0.25) is 0 Å². The van der Waals surface area contributed by atoms with Gasteiger partial charge in [-0.2, -0.15) is 5.26 Å². The molecule has 4 nitrogen and oxygen atoms in total. The Bertz CT molecular complexity index is 926. The highest BCUT2D eigenvalue weighted by Crippen LogP contribution is 2.29. The summed E-state index contributed by atoms with van der Waals surface area (Å²) < 4.78 is 6.23. The Balaban J connectivity index is 0.00000341. The number of nitriles is 1. The second-order valence-electron chi connectivity index (χ2n) is 8.47. The summed E-state index contributed by atoms with van der Waals surface area (Å²) in [7, 11) is 0. The standard InChI is InChI=1S/C26H32N2O2.H2/c1-5-17(2)20-6-8-21(9-7-20)26(29)28-23-11-13-24(14-12-23)30-25-15-10-22(16-27)18(3)19(25)4;/h6-10,15,17,23-24H,5,11-14H2,1-4H3,(H,28,29);1H. The van der Waals surface area contributed by atoms with E-state index in [0.29, 0.717) is 11.5 Å². The van der Waals surface area contributed by atoms with Gasteiger partial charge in [-0.25, -0.2) is 0 Å². The molecule has 2 aromatic rings. The number of benzene rings is 2. The molecule has 30 heavy (non-hydrogen) atoms. The molecule has 0 aromatic heterocycles. The largest absolute Gasteiger partial charge is 0.490 e. The summed E-state index contributed by atoms with van der Waals surface area (Å²) in [5, 5.41) is 12.3. The van der Waals surface area contributed by atoms with Crippen molar-refractivity contribution in [3.63, 3.8) is 0 Å². The van der Waals surface area contributed by atoms with Crippen molar-refractivity contribution in [2.75, 3.05) is 0 Å². The summed E-state index contributed by atoms with van der Waals surface area (Å²) in [5.41, 5.74) is 4.72. The Morgan fingerprint density at radius 3 is 2.40 bits per heavy atom. The van der Waals surface area contributed by atoms with E-state index >= 15 is 0 Å². The van der Waals surface area contributed by atoms with Gasteiger partial charge < -0.3 is 10.1 Å². The second-order valence-corrected chi connectivity index (χ2v) is 8.47. The lowest BCUT2D eigenvalue weighted by Crippen LogP contribution is -2.39. The van der Waals surface area contributed by atoms with E-state index in [1.54, 1.807) is 0 Å². The lowest BCUT2D eigenvalue weighted by molar-refractivity contribution is 0.0893. The minimum absolute atomic E-state index is 0. The van der Waals surface area contributed by atoms with Crippen molar-refractivity contribution in [1.82, 2.24) is 5.32 Å². The third-order valence-electron chi connectivity index (χ3n) is 6.52. The third kappa shape index (κ3) is 5.02. The SMILES string of the molecule is CCC(C)c1ccc(C(=O)NC2CCC(Oc3ccc(C#N)c(C)c3C)CC2)cc1.[HH]. The predicted octanol–water partition coefficient (Wildman–Crippen LogP) is 6.05. The Hall–Kier alpha value is -2.80. The van der Waals surface area contributed by atoms with E-state index in [0.717, 1.165) is 54.5 Å². The Kier molecular flexibility index (Phi) is 7.15. The fourth-order valence-corrected chi connectivity index (χ4v) is 4.02. The molecule has 1 aliphatic rings. The van der Waals surface area contributed by atoms with Crippen LogP contribution in [0.25, 0.3) is 0 Å². The normalized spacial score (nSPS) is 19.6. The Morgan fingerprint density at radius 2 is 1.80 bits per heavy atom. The van der Waals surface area contributed by atoms with Gasteiger partial charge in [-0.05, 0) is 92.8 Å². The van der Waals surface area contributed by atoms with Crippen LogP contribution in [-0.2, 0) is 0 Å². The van der Waals surface area contributed by atoms with Gasteiger partial charge >= 0.3 is 0 Å². The summed E-state index contributed by atoms with van der Waals surface area (Å²) in [6.07, 6.45) is 4.90. The predicted molar refractivity (Wildman–Crippen MR) is 122 cm³/mol. The number of carbonyl (C=O) groups excluding carboxylic acids is 1. The first-order chi connectivity index (χ1) is 14.4. The van der Waals surface area contributed by atoms with Gasteiger partial charge in [0.05, 0.1) is 17.7 Å². The first-order valence-corrected chi connectivity index (χ1v) is 11.0. The van der Waals surface area contributed by atoms with Crippen LogP contribution in [-0.4, -0.2) is 18.1 Å². The molecule has 1 amide bonds. The van der Waals surface area contributed by atoms with Crippen LogP contribution >= 0.6 is 0 Å². The fraction of sp³-hybridized carbons (Fsp3) is 0.462. The molecule has 1 fully saturated rings. The first kappa shape index (κ1) is 21.9. The highest BCUT2D eigenvalue weighted by atomic mass is 16.5. The van der Waals surface area contributed by atoms with Gasteiger partial charge in [-0.1, -0.05) is 26.0 Å². The molecule has 0 saturated heterocycles. The molecule has 0 heterocycles. The van der Waals surface area contributed by atoms with E-state index in [-0.39, 0.29) is 19.5 Å². The van der Waals surface area contributed by atoms with Crippen LogP contribution in [0.3, 0.4) is 0 Å². The van der Waals surface area contributed by atoms with Gasteiger partial charge in [0, 0.05) is 13.0 Å².